The Hall–Kier alpha value is -2.78. The molecule has 3 rings (SSSR count). The van der Waals surface area contributed by atoms with E-state index in [1.807, 2.05) is 60.7 Å². The molecule has 0 aliphatic heterocycles. The molecule has 3 aromatic carbocycles. The molecule has 0 fully saturated rings. The molecule has 0 saturated heterocycles. The van der Waals surface area contributed by atoms with Crippen LogP contribution in [0, 0.1) is 0 Å². The summed E-state index contributed by atoms with van der Waals surface area (Å²) in [4.78, 5) is 11.7. The Labute approximate surface area is 145 Å². The van der Waals surface area contributed by atoms with E-state index in [-0.39, 0.29) is 5.56 Å². The lowest BCUT2D eigenvalue weighted by Crippen LogP contribution is -2.07. The number of hydrogen-bond donors (Lipinski definition) is 2. The zero-order valence-corrected chi connectivity index (χ0v) is 13.6. The maximum atomic E-state index is 11.7. The molecule has 0 heterocycles. The Morgan fingerprint density at radius 2 is 1.54 bits per heavy atom. The third-order valence-corrected chi connectivity index (χ3v) is 4.07. The lowest BCUT2D eigenvalue weighted by Gasteiger charge is -2.16. The molecular formula is C20H16ClNO2. The first-order valence-corrected chi connectivity index (χ1v) is 7.93. The predicted molar refractivity (Wildman–Crippen MR) is 97.4 cm³/mol. The van der Waals surface area contributed by atoms with Gasteiger partial charge in [0.25, 0.3) is 0 Å². The predicted octanol–water partition coefficient (Wildman–Crippen LogP) is 5.37. The van der Waals surface area contributed by atoms with Crippen molar-refractivity contribution in [2.75, 3.05) is 5.32 Å². The van der Waals surface area contributed by atoms with Gasteiger partial charge in [0.05, 0.1) is 16.3 Å². The van der Waals surface area contributed by atoms with Crippen molar-refractivity contribution < 1.29 is 9.90 Å². The minimum Gasteiger partial charge on any atom is -0.478 e. The normalized spacial score (nSPS) is 10.4. The van der Waals surface area contributed by atoms with Crippen molar-refractivity contribution >= 4 is 28.9 Å². The highest BCUT2D eigenvalue weighted by Gasteiger charge is 2.17. The number of aromatic carboxylic acids is 1. The van der Waals surface area contributed by atoms with Gasteiger partial charge in [0.1, 0.15) is 0 Å². The minimum atomic E-state index is -0.964. The Kier molecular flexibility index (Phi) is 4.82. The van der Waals surface area contributed by atoms with Crippen molar-refractivity contribution in [3.63, 3.8) is 0 Å². The molecule has 0 amide bonds. The fourth-order valence-corrected chi connectivity index (χ4v) is 2.83. The average molecular weight is 338 g/mol. The molecule has 0 aliphatic rings. The highest BCUT2D eigenvalue weighted by atomic mass is 35.5. The largest absolute Gasteiger partial charge is 0.478 e. The van der Waals surface area contributed by atoms with Crippen LogP contribution in [-0.4, -0.2) is 11.1 Å². The quantitative estimate of drug-likeness (QED) is 0.657. The van der Waals surface area contributed by atoms with Gasteiger partial charge in [0.2, 0.25) is 0 Å². The van der Waals surface area contributed by atoms with Crippen molar-refractivity contribution in [1.29, 1.82) is 0 Å². The molecule has 4 heteroatoms. The summed E-state index contributed by atoms with van der Waals surface area (Å²) in [5, 5.41) is 13.3. The number of anilines is 2. The summed E-state index contributed by atoms with van der Waals surface area (Å²) in [6.45, 7) is 0. The topological polar surface area (TPSA) is 49.3 Å². The fraction of sp³-hybridized carbons (Fsp3) is 0.0500. The molecular weight excluding hydrogens is 322 g/mol. The molecule has 0 aliphatic carbocycles. The Balaban J connectivity index is 2.08. The lowest BCUT2D eigenvalue weighted by atomic mass is 9.97. The standard InChI is InChI=1S/C20H16ClNO2/c21-18-12-11-16(20(23)24)17(13-14-7-3-1-4-8-14)19(18)22-15-9-5-2-6-10-15/h1-12,22H,13H2,(H,23,24). The molecule has 0 radical (unpaired) electrons. The highest BCUT2D eigenvalue weighted by molar-refractivity contribution is 6.33. The van der Waals surface area contributed by atoms with Crippen LogP contribution < -0.4 is 5.32 Å². The van der Waals surface area contributed by atoms with Crippen LogP contribution in [0.2, 0.25) is 5.02 Å². The highest BCUT2D eigenvalue weighted by Crippen LogP contribution is 2.33. The summed E-state index contributed by atoms with van der Waals surface area (Å²) in [5.41, 5.74) is 3.44. The maximum Gasteiger partial charge on any atom is 0.336 e. The third-order valence-electron chi connectivity index (χ3n) is 3.76. The van der Waals surface area contributed by atoms with E-state index in [0.29, 0.717) is 22.7 Å². The van der Waals surface area contributed by atoms with Crippen molar-refractivity contribution in [2.45, 2.75) is 6.42 Å². The van der Waals surface area contributed by atoms with Crippen molar-refractivity contribution in [1.82, 2.24) is 0 Å². The van der Waals surface area contributed by atoms with Gasteiger partial charge >= 0.3 is 5.97 Å². The van der Waals surface area contributed by atoms with Gasteiger partial charge in [-0.05, 0) is 35.4 Å². The average Bonchev–Trinajstić information content (AvgIpc) is 2.59. The first-order chi connectivity index (χ1) is 11.6. The number of rotatable bonds is 5. The van der Waals surface area contributed by atoms with E-state index in [9.17, 15) is 9.90 Å². The van der Waals surface area contributed by atoms with E-state index >= 15 is 0 Å². The number of halogens is 1. The van der Waals surface area contributed by atoms with Crippen molar-refractivity contribution in [3.05, 3.63) is 94.5 Å². The van der Waals surface area contributed by atoms with Crippen LogP contribution in [0.3, 0.4) is 0 Å². The summed E-state index contributed by atoms with van der Waals surface area (Å²) in [7, 11) is 0. The molecule has 0 aromatic heterocycles. The molecule has 0 unspecified atom stereocenters. The first-order valence-electron chi connectivity index (χ1n) is 7.56. The molecule has 0 saturated carbocycles. The van der Waals surface area contributed by atoms with E-state index < -0.39 is 5.97 Å². The van der Waals surface area contributed by atoms with Gasteiger partial charge < -0.3 is 10.4 Å². The summed E-state index contributed by atoms with van der Waals surface area (Å²) >= 11 is 6.37. The van der Waals surface area contributed by atoms with Gasteiger partial charge in [-0.15, -0.1) is 0 Å². The Morgan fingerprint density at radius 3 is 2.17 bits per heavy atom. The van der Waals surface area contributed by atoms with Crippen LogP contribution in [0.4, 0.5) is 11.4 Å². The summed E-state index contributed by atoms with van der Waals surface area (Å²) in [5.74, 6) is -0.964. The van der Waals surface area contributed by atoms with E-state index in [2.05, 4.69) is 5.32 Å². The monoisotopic (exact) mass is 337 g/mol. The number of para-hydroxylation sites is 1. The van der Waals surface area contributed by atoms with E-state index in [4.69, 9.17) is 11.6 Å². The molecule has 0 spiro atoms. The summed E-state index contributed by atoms with van der Waals surface area (Å²) in [6, 6.07) is 22.5. The maximum absolute atomic E-state index is 11.7. The molecule has 2 N–H and O–H groups in total. The molecule has 24 heavy (non-hydrogen) atoms. The smallest absolute Gasteiger partial charge is 0.336 e. The van der Waals surface area contributed by atoms with Gasteiger partial charge in [-0.1, -0.05) is 60.1 Å². The molecule has 0 bridgehead atoms. The van der Waals surface area contributed by atoms with E-state index in [0.717, 1.165) is 11.3 Å². The number of carboxylic acids is 1. The first kappa shape index (κ1) is 16.1. The molecule has 3 nitrogen and oxygen atoms in total. The number of carbonyl (C=O) groups is 1. The Bertz CT molecular complexity index is 848. The third kappa shape index (κ3) is 3.58. The van der Waals surface area contributed by atoms with E-state index in [1.54, 1.807) is 12.1 Å². The lowest BCUT2D eigenvalue weighted by molar-refractivity contribution is 0.0696. The number of benzene rings is 3. The van der Waals surface area contributed by atoms with Crippen LogP contribution in [0.5, 0.6) is 0 Å². The van der Waals surface area contributed by atoms with Crippen molar-refractivity contribution in [3.8, 4) is 0 Å². The Morgan fingerprint density at radius 1 is 0.917 bits per heavy atom. The van der Waals surface area contributed by atoms with Crippen LogP contribution in [0.15, 0.2) is 72.8 Å². The van der Waals surface area contributed by atoms with Crippen LogP contribution >= 0.6 is 11.6 Å². The summed E-state index contributed by atoms with van der Waals surface area (Å²) < 4.78 is 0. The molecule has 0 atom stereocenters. The second-order valence-electron chi connectivity index (χ2n) is 5.41. The van der Waals surface area contributed by atoms with Gasteiger partial charge in [-0.25, -0.2) is 4.79 Å². The second kappa shape index (κ2) is 7.20. The van der Waals surface area contributed by atoms with Crippen LogP contribution in [0.25, 0.3) is 0 Å². The zero-order chi connectivity index (χ0) is 16.9. The molecule has 3 aromatic rings. The van der Waals surface area contributed by atoms with Gasteiger partial charge in [0.15, 0.2) is 0 Å². The number of nitrogens with one attached hydrogen (secondary N) is 1. The van der Waals surface area contributed by atoms with Gasteiger partial charge in [0, 0.05) is 12.1 Å². The SMILES string of the molecule is O=C(O)c1ccc(Cl)c(Nc2ccccc2)c1Cc1ccccc1. The zero-order valence-electron chi connectivity index (χ0n) is 12.9. The van der Waals surface area contributed by atoms with E-state index in [1.165, 1.54) is 0 Å². The molecule has 120 valence electrons. The van der Waals surface area contributed by atoms with Crippen LogP contribution in [-0.2, 0) is 6.42 Å². The minimum absolute atomic E-state index is 0.252. The van der Waals surface area contributed by atoms with Crippen LogP contribution in [0.1, 0.15) is 21.5 Å². The fourth-order valence-electron chi connectivity index (χ4n) is 2.60. The number of carboxylic acid groups (broad SMARTS) is 1. The van der Waals surface area contributed by atoms with Gasteiger partial charge in [-0.3, -0.25) is 0 Å². The summed E-state index contributed by atoms with van der Waals surface area (Å²) in [6.07, 6.45) is 0.484. The number of hydrogen-bond acceptors (Lipinski definition) is 2. The van der Waals surface area contributed by atoms with Crippen molar-refractivity contribution in [2.24, 2.45) is 0 Å². The van der Waals surface area contributed by atoms with Gasteiger partial charge in [-0.2, -0.15) is 0 Å². The second-order valence-corrected chi connectivity index (χ2v) is 5.81.